The van der Waals surface area contributed by atoms with E-state index in [4.69, 9.17) is 0 Å². The van der Waals surface area contributed by atoms with Crippen molar-refractivity contribution in [2.45, 2.75) is 26.2 Å². The Kier molecular flexibility index (Phi) is 3.57. The van der Waals surface area contributed by atoms with E-state index in [2.05, 4.69) is 5.32 Å². The van der Waals surface area contributed by atoms with Crippen molar-refractivity contribution in [3.8, 4) is 0 Å². The Labute approximate surface area is 123 Å². The molecule has 1 saturated heterocycles. The van der Waals surface area contributed by atoms with Crippen LogP contribution in [-0.2, 0) is 0 Å². The molecule has 2 unspecified atom stereocenters. The molecule has 2 atom stereocenters. The summed E-state index contributed by atoms with van der Waals surface area (Å²) >= 11 is 0. The van der Waals surface area contributed by atoms with Gasteiger partial charge in [-0.25, -0.2) is 9.59 Å². The normalized spacial score (nSPS) is 24.0. The molecular formula is C16H20N2O3. The molecule has 5 nitrogen and oxygen atoms in total. The second kappa shape index (κ2) is 5.39. The average molecular weight is 288 g/mol. The van der Waals surface area contributed by atoms with Gasteiger partial charge in [-0.15, -0.1) is 0 Å². The van der Waals surface area contributed by atoms with Crippen LogP contribution in [0.2, 0.25) is 0 Å². The summed E-state index contributed by atoms with van der Waals surface area (Å²) in [4.78, 5) is 25.5. The summed E-state index contributed by atoms with van der Waals surface area (Å²) in [5.41, 5.74) is 1.20. The number of carbonyl (C=O) groups excluding carboxylic acids is 1. The van der Waals surface area contributed by atoms with Crippen molar-refractivity contribution < 1.29 is 14.7 Å². The quantitative estimate of drug-likeness (QED) is 0.879. The number of amides is 2. The predicted octanol–water partition coefficient (Wildman–Crippen LogP) is 2.96. The molecule has 2 fully saturated rings. The summed E-state index contributed by atoms with van der Waals surface area (Å²) in [6, 6.07) is 4.96. The fourth-order valence-electron chi connectivity index (χ4n) is 3.65. The smallest absolute Gasteiger partial charge is 0.338 e. The molecule has 112 valence electrons. The molecule has 3 rings (SSSR count). The minimum absolute atomic E-state index is 0.172. The SMILES string of the molecule is Cc1cccc(NC(=O)N2CC3CCCC3C2)c1C(=O)O. The summed E-state index contributed by atoms with van der Waals surface area (Å²) in [6.45, 7) is 3.33. The number of hydrogen-bond acceptors (Lipinski definition) is 2. The van der Waals surface area contributed by atoms with Gasteiger partial charge < -0.3 is 15.3 Å². The van der Waals surface area contributed by atoms with Crippen LogP contribution >= 0.6 is 0 Å². The zero-order chi connectivity index (χ0) is 15.0. The average Bonchev–Trinajstić information content (AvgIpc) is 2.98. The van der Waals surface area contributed by atoms with E-state index < -0.39 is 5.97 Å². The minimum Gasteiger partial charge on any atom is -0.478 e. The van der Waals surface area contributed by atoms with Crippen molar-refractivity contribution in [2.75, 3.05) is 18.4 Å². The molecular weight excluding hydrogens is 268 g/mol. The first-order valence-corrected chi connectivity index (χ1v) is 7.45. The van der Waals surface area contributed by atoms with Crippen molar-refractivity contribution in [1.82, 2.24) is 4.90 Å². The standard InChI is InChI=1S/C16H20N2O3/c1-10-4-2-7-13(14(10)15(19)20)17-16(21)18-8-11-5-3-6-12(11)9-18/h2,4,7,11-12H,3,5-6,8-9H2,1H3,(H,17,21)(H,19,20). The van der Waals surface area contributed by atoms with Gasteiger partial charge in [0.15, 0.2) is 0 Å². The molecule has 1 aromatic carbocycles. The maximum absolute atomic E-state index is 12.4. The van der Waals surface area contributed by atoms with Gasteiger partial charge in [0.2, 0.25) is 0 Å². The van der Waals surface area contributed by atoms with E-state index >= 15 is 0 Å². The highest BCUT2D eigenvalue weighted by Gasteiger charge is 2.38. The fourth-order valence-corrected chi connectivity index (χ4v) is 3.65. The lowest BCUT2D eigenvalue weighted by molar-refractivity contribution is 0.0697. The Bertz CT molecular complexity index is 573. The zero-order valence-electron chi connectivity index (χ0n) is 12.1. The van der Waals surface area contributed by atoms with Crippen molar-refractivity contribution >= 4 is 17.7 Å². The van der Waals surface area contributed by atoms with Gasteiger partial charge in [-0.3, -0.25) is 0 Å². The minimum atomic E-state index is -1.01. The van der Waals surface area contributed by atoms with E-state index in [0.29, 0.717) is 23.1 Å². The van der Waals surface area contributed by atoms with Crippen LogP contribution in [0, 0.1) is 18.8 Å². The Morgan fingerprint density at radius 1 is 1.24 bits per heavy atom. The van der Waals surface area contributed by atoms with Crippen molar-refractivity contribution in [3.05, 3.63) is 29.3 Å². The highest BCUT2D eigenvalue weighted by atomic mass is 16.4. The first kappa shape index (κ1) is 13.9. The molecule has 1 aliphatic heterocycles. The first-order valence-electron chi connectivity index (χ1n) is 7.45. The van der Waals surface area contributed by atoms with E-state index in [1.54, 1.807) is 25.1 Å². The van der Waals surface area contributed by atoms with Gasteiger partial charge in [0, 0.05) is 13.1 Å². The number of carbonyl (C=O) groups is 2. The second-order valence-electron chi connectivity index (χ2n) is 6.09. The monoisotopic (exact) mass is 288 g/mol. The Morgan fingerprint density at radius 3 is 2.52 bits per heavy atom. The lowest BCUT2D eigenvalue weighted by Crippen LogP contribution is -2.34. The summed E-state index contributed by atoms with van der Waals surface area (Å²) in [6.07, 6.45) is 3.68. The van der Waals surface area contributed by atoms with Gasteiger partial charge in [-0.1, -0.05) is 18.6 Å². The highest BCUT2D eigenvalue weighted by Crippen LogP contribution is 2.37. The number of nitrogens with one attached hydrogen (secondary N) is 1. The Balaban J connectivity index is 1.74. The molecule has 0 radical (unpaired) electrons. The molecule has 2 aliphatic rings. The highest BCUT2D eigenvalue weighted by molar-refractivity contribution is 6.01. The van der Waals surface area contributed by atoms with Crippen molar-refractivity contribution in [3.63, 3.8) is 0 Å². The molecule has 2 amide bonds. The van der Waals surface area contributed by atoms with Crippen LogP contribution in [0.3, 0.4) is 0 Å². The third kappa shape index (κ3) is 2.60. The largest absolute Gasteiger partial charge is 0.478 e. The van der Waals surface area contributed by atoms with Crippen LogP contribution in [0.4, 0.5) is 10.5 Å². The number of urea groups is 1. The van der Waals surface area contributed by atoms with Crippen LogP contribution in [0.5, 0.6) is 0 Å². The van der Waals surface area contributed by atoms with Crippen LogP contribution in [0.15, 0.2) is 18.2 Å². The Morgan fingerprint density at radius 2 is 1.90 bits per heavy atom. The van der Waals surface area contributed by atoms with Gasteiger partial charge in [-0.2, -0.15) is 0 Å². The van der Waals surface area contributed by atoms with Crippen LogP contribution < -0.4 is 5.32 Å². The van der Waals surface area contributed by atoms with Gasteiger partial charge in [-0.05, 0) is 43.2 Å². The van der Waals surface area contributed by atoms with Crippen molar-refractivity contribution in [1.29, 1.82) is 0 Å². The third-order valence-electron chi connectivity index (χ3n) is 4.74. The van der Waals surface area contributed by atoms with E-state index in [-0.39, 0.29) is 11.6 Å². The van der Waals surface area contributed by atoms with Gasteiger partial charge in [0.1, 0.15) is 0 Å². The number of rotatable bonds is 2. The number of carboxylic acids is 1. The number of benzene rings is 1. The van der Waals surface area contributed by atoms with Gasteiger partial charge >= 0.3 is 12.0 Å². The van der Waals surface area contributed by atoms with Crippen molar-refractivity contribution in [2.24, 2.45) is 11.8 Å². The summed E-state index contributed by atoms with van der Waals surface area (Å²) in [7, 11) is 0. The number of likely N-dealkylation sites (tertiary alicyclic amines) is 1. The number of aryl methyl sites for hydroxylation is 1. The molecule has 0 aromatic heterocycles. The lowest BCUT2D eigenvalue weighted by atomic mass is 10.0. The molecule has 2 N–H and O–H groups in total. The van der Waals surface area contributed by atoms with E-state index in [1.165, 1.54) is 19.3 Å². The molecule has 5 heteroatoms. The first-order chi connectivity index (χ1) is 10.1. The molecule has 0 spiro atoms. The number of anilines is 1. The number of nitrogens with zero attached hydrogens (tertiary/aromatic N) is 1. The molecule has 1 aromatic rings. The summed E-state index contributed by atoms with van der Waals surface area (Å²) < 4.78 is 0. The second-order valence-corrected chi connectivity index (χ2v) is 6.09. The van der Waals surface area contributed by atoms with E-state index in [0.717, 1.165) is 13.1 Å². The molecule has 21 heavy (non-hydrogen) atoms. The summed E-state index contributed by atoms with van der Waals surface area (Å²) in [5, 5.41) is 12.1. The number of hydrogen-bond donors (Lipinski definition) is 2. The number of aromatic carboxylic acids is 1. The molecule has 1 heterocycles. The lowest BCUT2D eigenvalue weighted by Gasteiger charge is -2.19. The molecule has 1 aliphatic carbocycles. The number of carboxylic acid groups (broad SMARTS) is 1. The van der Waals surface area contributed by atoms with Crippen LogP contribution in [-0.4, -0.2) is 35.1 Å². The number of fused-ring (bicyclic) bond motifs is 1. The maximum atomic E-state index is 12.4. The maximum Gasteiger partial charge on any atom is 0.338 e. The molecule has 1 saturated carbocycles. The zero-order valence-corrected chi connectivity index (χ0v) is 12.1. The molecule has 0 bridgehead atoms. The van der Waals surface area contributed by atoms with Gasteiger partial charge in [0.25, 0.3) is 0 Å². The topological polar surface area (TPSA) is 69.6 Å². The van der Waals surface area contributed by atoms with Crippen LogP contribution in [0.1, 0.15) is 35.2 Å². The predicted molar refractivity (Wildman–Crippen MR) is 79.6 cm³/mol. The summed E-state index contributed by atoms with van der Waals surface area (Å²) in [5.74, 6) is 0.251. The van der Waals surface area contributed by atoms with Gasteiger partial charge in [0.05, 0.1) is 11.3 Å². The Hall–Kier alpha value is -2.04. The fraction of sp³-hybridized carbons (Fsp3) is 0.500. The third-order valence-corrected chi connectivity index (χ3v) is 4.74. The van der Waals surface area contributed by atoms with Crippen LogP contribution in [0.25, 0.3) is 0 Å². The van der Waals surface area contributed by atoms with E-state index in [1.807, 2.05) is 4.90 Å². The van der Waals surface area contributed by atoms with E-state index in [9.17, 15) is 14.7 Å².